The highest BCUT2D eigenvalue weighted by molar-refractivity contribution is 14.1. The molecule has 0 saturated carbocycles. The molecule has 1 heterocycles. The average molecular weight is 287 g/mol. The Bertz CT molecular complexity index is 331. The van der Waals surface area contributed by atoms with Crippen molar-refractivity contribution in [2.75, 3.05) is 11.6 Å². The highest BCUT2D eigenvalue weighted by Gasteiger charge is 2.12. The van der Waals surface area contributed by atoms with Crippen molar-refractivity contribution in [2.24, 2.45) is 10.8 Å². The van der Waals surface area contributed by atoms with Gasteiger partial charge < -0.3 is 5.73 Å². The lowest BCUT2D eigenvalue weighted by molar-refractivity contribution is 0.922. The molecule has 2 rings (SSSR count). The summed E-state index contributed by atoms with van der Waals surface area (Å²) in [5.74, 6) is 0.721. The number of halogens is 1. The molecule has 1 aromatic rings. The molecule has 2 N–H and O–H groups in total. The van der Waals surface area contributed by atoms with Gasteiger partial charge in [0.05, 0.1) is 5.69 Å². The molecule has 0 aliphatic carbocycles. The zero-order valence-electron chi connectivity index (χ0n) is 7.07. The third-order valence-electron chi connectivity index (χ3n) is 1.95. The van der Waals surface area contributed by atoms with E-state index in [1.165, 1.54) is 3.57 Å². The zero-order chi connectivity index (χ0) is 9.26. The first-order valence-electron chi connectivity index (χ1n) is 4.12. The molecular weight excluding hydrogens is 277 g/mol. The molecule has 0 fully saturated rings. The number of nitrogens with zero attached hydrogens (tertiary/aromatic N) is 2. The standard InChI is InChI=1S/C9H10IN3/c10-7-1-3-8(4-2-7)13-6-5-9(11)12-13/h1-4H,5-6H2,(H2,11,12). The fourth-order valence-corrected chi connectivity index (χ4v) is 1.64. The van der Waals surface area contributed by atoms with Crippen LogP contribution in [0, 0.1) is 3.57 Å². The monoisotopic (exact) mass is 287 g/mol. The number of hydrogen-bond acceptors (Lipinski definition) is 3. The summed E-state index contributed by atoms with van der Waals surface area (Å²) in [6.45, 7) is 0.895. The van der Waals surface area contributed by atoms with Crippen molar-refractivity contribution < 1.29 is 0 Å². The van der Waals surface area contributed by atoms with Crippen LogP contribution in [0.3, 0.4) is 0 Å². The zero-order valence-corrected chi connectivity index (χ0v) is 9.23. The quantitative estimate of drug-likeness (QED) is 0.800. The van der Waals surface area contributed by atoms with Gasteiger partial charge in [-0.15, -0.1) is 0 Å². The minimum absolute atomic E-state index is 0.721. The van der Waals surface area contributed by atoms with Crippen LogP contribution in [-0.2, 0) is 0 Å². The van der Waals surface area contributed by atoms with Crippen LogP contribution in [0.4, 0.5) is 5.69 Å². The molecule has 0 saturated heterocycles. The minimum Gasteiger partial charge on any atom is -0.386 e. The predicted octanol–water partition coefficient (Wildman–Crippen LogP) is 1.77. The Morgan fingerprint density at radius 1 is 1.31 bits per heavy atom. The molecule has 0 spiro atoms. The smallest absolute Gasteiger partial charge is 0.122 e. The van der Waals surface area contributed by atoms with Crippen LogP contribution in [0.5, 0.6) is 0 Å². The van der Waals surface area contributed by atoms with E-state index in [4.69, 9.17) is 5.73 Å². The van der Waals surface area contributed by atoms with Gasteiger partial charge in [0.15, 0.2) is 0 Å². The van der Waals surface area contributed by atoms with Gasteiger partial charge in [0, 0.05) is 16.5 Å². The second-order valence-corrected chi connectivity index (χ2v) is 4.19. The molecule has 0 atom stereocenters. The number of rotatable bonds is 1. The van der Waals surface area contributed by atoms with Gasteiger partial charge in [0.1, 0.15) is 5.84 Å². The van der Waals surface area contributed by atoms with Crippen molar-refractivity contribution in [1.29, 1.82) is 0 Å². The van der Waals surface area contributed by atoms with Crippen LogP contribution >= 0.6 is 22.6 Å². The van der Waals surface area contributed by atoms with Gasteiger partial charge in [-0.2, -0.15) is 5.10 Å². The average Bonchev–Trinajstić information content (AvgIpc) is 2.53. The summed E-state index contributed by atoms with van der Waals surface area (Å²) in [7, 11) is 0. The SMILES string of the molecule is NC1=NN(c2ccc(I)cc2)CC1. The van der Waals surface area contributed by atoms with Crippen LogP contribution in [0.15, 0.2) is 29.4 Å². The van der Waals surface area contributed by atoms with Gasteiger partial charge in [0.2, 0.25) is 0 Å². The summed E-state index contributed by atoms with van der Waals surface area (Å²) >= 11 is 2.28. The van der Waals surface area contributed by atoms with Crippen LogP contribution < -0.4 is 10.7 Å². The van der Waals surface area contributed by atoms with Crippen molar-refractivity contribution in [3.63, 3.8) is 0 Å². The molecule has 13 heavy (non-hydrogen) atoms. The summed E-state index contributed by atoms with van der Waals surface area (Å²) in [6, 6.07) is 8.26. The molecule has 0 radical (unpaired) electrons. The molecule has 0 aromatic heterocycles. The normalized spacial score (nSPS) is 16.1. The van der Waals surface area contributed by atoms with Crippen LogP contribution in [0.25, 0.3) is 0 Å². The number of amidine groups is 1. The minimum atomic E-state index is 0.721. The Morgan fingerprint density at radius 3 is 2.54 bits per heavy atom. The van der Waals surface area contributed by atoms with E-state index in [1.54, 1.807) is 0 Å². The molecule has 4 heteroatoms. The third kappa shape index (κ3) is 1.93. The molecule has 1 aliphatic rings. The maximum absolute atomic E-state index is 5.60. The summed E-state index contributed by atoms with van der Waals surface area (Å²) in [5, 5.41) is 6.15. The number of hydrogen-bond donors (Lipinski definition) is 1. The number of nitrogens with two attached hydrogens (primary N) is 1. The largest absolute Gasteiger partial charge is 0.386 e. The first kappa shape index (κ1) is 8.80. The molecule has 1 aliphatic heterocycles. The maximum Gasteiger partial charge on any atom is 0.122 e. The van der Waals surface area contributed by atoms with E-state index in [2.05, 4.69) is 52.0 Å². The highest BCUT2D eigenvalue weighted by atomic mass is 127. The second kappa shape index (κ2) is 3.53. The first-order valence-corrected chi connectivity index (χ1v) is 5.19. The van der Waals surface area contributed by atoms with Crippen molar-refractivity contribution in [2.45, 2.75) is 6.42 Å². The molecule has 68 valence electrons. The maximum atomic E-state index is 5.60. The molecule has 1 aromatic carbocycles. The van der Waals surface area contributed by atoms with Crippen molar-refractivity contribution >= 4 is 34.1 Å². The fraction of sp³-hybridized carbons (Fsp3) is 0.222. The topological polar surface area (TPSA) is 41.6 Å². The lowest BCUT2D eigenvalue weighted by Crippen LogP contribution is -2.11. The van der Waals surface area contributed by atoms with E-state index >= 15 is 0 Å². The van der Waals surface area contributed by atoms with Crippen LogP contribution in [0.2, 0.25) is 0 Å². The summed E-state index contributed by atoms with van der Waals surface area (Å²) < 4.78 is 1.23. The third-order valence-corrected chi connectivity index (χ3v) is 2.67. The molecule has 0 amide bonds. The fourth-order valence-electron chi connectivity index (χ4n) is 1.28. The molecule has 0 unspecified atom stereocenters. The second-order valence-electron chi connectivity index (χ2n) is 2.94. The highest BCUT2D eigenvalue weighted by Crippen LogP contribution is 2.19. The number of anilines is 1. The molecule has 3 nitrogen and oxygen atoms in total. The first-order chi connectivity index (χ1) is 6.25. The van der Waals surface area contributed by atoms with Gasteiger partial charge in [-0.1, -0.05) is 0 Å². The van der Waals surface area contributed by atoms with E-state index < -0.39 is 0 Å². The lowest BCUT2D eigenvalue weighted by Gasteiger charge is -2.12. The van der Waals surface area contributed by atoms with Gasteiger partial charge in [-0.05, 0) is 46.9 Å². The Labute approximate surface area is 90.7 Å². The van der Waals surface area contributed by atoms with E-state index in [0.717, 1.165) is 24.5 Å². The lowest BCUT2D eigenvalue weighted by atomic mass is 10.3. The molecular formula is C9H10IN3. The van der Waals surface area contributed by atoms with E-state index in [9.17, 15) is 0 Å². The van der Waals surface area contributed by atoms with E-state index in [1.807, 2.05) is 5.01 Å². The van der Waals surface area contributed by atoms with E-state index in [0.29, 0.717) is 0 Å². The van der Waals surface area contributed by atoms with Crippen molar-refractivity contribution in [3.05, 3.63) is 27.8 Å². The molecule has 0 bridgehead atoms. The van der Waals surface area contributed by atoms with Gasteiger partial charge >= 0.3 is 0 Å². The number of hydrazone groups is 1. The Kier molecular flexibility index (Phi) is 2.39. The van der Waals surface area contributed by atoms with Crippen molar-refractivity contribution in [1.82, 2.24) is 0 Å². The van der Waals surface area contributed by atoms with Crippen LogP contribution in [0.1, 0.15) is 6.42 Å². The summed E-state index contributed by atoms with van der Waals surface area (Å²) in [4.78, 5) is 0. The Morgan fingerprint density at radius 2 is 2.00 bits per heavy atom. The predicted molar refractivity (Wildman–Crippen MR) is 62.7 cm³/mol. The van der Waals surface area contributed by atoms with Gasteiger partial charge in [-0.25, -0.2) is 0 Å². The number of benzene rings is 1. The summed E-state index contributed by atoms with van der Waals surface area (Å²) in [6.07, 6.45) is 0.867. The summed E-state index contributed by atoms with van der Waals surface area (Å²) in [5.41, 5.74) is 6.71. The Hall–Kier alpha value is -0.780. The van der Waals surface area contributed by atoms with Crippen molar-refractivity contribution in [3.8, 4) is 0 Å². The van der Waals surface area contributed by atoms with Gasteiger partial charge in [-0.3, -0.25) is 5.01 Å². The van der Waals surface area contributed by atoms with E-state index in [-0.39, 0.29) is 0 Å². The Balaban J connectivity index is 2.22. The van der Waals surface area contributed by atoms with Crippen LogP contribution in [-0.4, -0.2) is 12.4 Å². The van der Waals surface area contributed by atoms with Gasteiger partial charge in [0.25, 0.3) is 0 Å².